The first-order valence-electron chi connectivity index (χ1n) is 5.04. The zero-order valence-electron chi connectivity index (χ0n) is 9.20. The summed E-state index contributed by atoms with van der Waals surface area (Å²) >= 11 is 4.13. The summed E-state index contributed by atoms with van der Waals surface area (Å²) in [5.41, 5.74) is 3.84. The molecule has 0 aromatic carbocycles. The van der Waals surface area contributed by atoms with Crippen LogP contribution in [0.15, 0.2) is 29.9 Å². The first-order valence-corrected chi connectivity index (χ1v) is 7.00. The van der Waals surface area contributed by atoms with Gasteiger partial charge in [-0.05, 0) is 70.8 Å². The van der Waals surface area contributed by atoms with Gasteiger partial charge < -0.3 is 5.32 Å². The standard InChI is InChI=1S/C12H13IN2S/c1-8-3-4-15-6-10(8)12(14-2)9-5-11(13)16-7-9/h3-7,12,14H,1-2H3. The Hall–Kier alpha value is -0.460. The van der Waals surface area contributed by atoms with Crippen LogP contribution < -0.4 is 5.32 Å². The number of halogens is 1. The molecule has 0 fully saturated rings. The monoisotopic (exact) mass is 344 g/mol. The third kappa shape index (κ3) is 2.44. The van der Waals surface area contributed by atoms with Gasteiger partial charge in [0.25, 0.3) is 0 Å². The van der Waals surface area contributed by atoms with E-state index in [2.05, 4.69) is 57.3 Å². The molecule has 1 N–H and O–H groups in total. The van der Waals surface area contributed by atoms with E-state index in [-0.39, 0.29) is 6.04 Å². The van der Waals surface area contributed by atoms with Gasteiger partial charge in [-0.25, -0.2) is 0 Å². The van der Waals surface area contributed by atoms with Crippen molar-refractivity contribution in [1.82, 2.24) is 10.3 Å². The molecular formula is C12H13IN2S. The molecule has 0 aliphatic rings. The number of pyridine rings is 1. The fraction of sp³-hybridized carbons (Fsp3) is 0.250. The molecule has 0 spiro atoms. The molecule has 0 radical (unpaired) electrons. The molecule has 2 rings (SSSR count). The van der Waals surface area contributed by atoms with Crippen molar-refractivity contribution in [2.75, 3.05) is 7.05 Å². The average molecular weight is 344 g/mol. The van der Waals surface area contributed by atoms with Gasteiger partial charge in [0.1, 0.15) is 0 Å². The minimum atomic E-state index is 0.244. The summed E-state index contributed by atoms with van der Waals surface area (Å²) in [5.74, 6) is 0. The van der Waals surface area contributed by atoms with Crippen molar-refractivity contribution in [3.05, 3.63) is 49.5 Å². The van der Waals surface area contributed by atoms with Gasteiger partial charge in [0.2, 0.25) is 0 Å². The molecule has 16 heavy (non-hydrogen) atoms. The van der Waals surface area contributed by atoms with Crippen LogP contribution in [0.2, 0.25) is 0 Å². The van der Waals surface area contributed by atoms with Crippen LogP contribution in [0.1, 0.15) is 22.7 Å². The average Bonchev–Trinajstić information content (AvgIpc) is 2.69. The first kappa shape index (κ1) is 12.0. The van der Waals surface area contributed by atoms with Crippen LogP contribution in [-0.4, -0.2) is 12.0 Å². The molecule has 2 aromatic heterocycles. The van der Waals surface area contributed by atoms with E-state index < -0.39 is 0 Å². The quantitative estimate of drug-likeness (QED) is 0.864. The molecule has 0 bridgehead atoms. The maximum Gasteiger partial charge on any atom is 0.0656 e. The number of hydrogen-bond donors (Lipinski definition) is 1. The number of aromatic nitrogens is 1. The molecule has 1 atom stereocenters. The van der Waals surface area contributed by atoms with Gasteiger partial charge >= 0.3 is 0 Å². The van der Waals surface area contributed by atoms with E-state index in [1.807, 2.05) is 19.4 Å². The molecule has 2 heterocycles. The minimum Gasteiger partial charge on any atom is -0.309 e. The third-order valence-electron chi connectivity index (χ3n) is 2.60. The molecule has 0 saturated heterocycles. The van der Waals surface area contributed by atoms with E-state index in [1.54, 1.807) is 11.3 Å². The summed E-state index contributed by atoms with van der Waals surface area (Å²) in [4.78, 5) is 4.21. The molecule has 0 aliphatic carbocycles. The van der Waals surface area contributed by atoms with Crippen LogP contribution in [0.25, 0.3) is 0 Å². The maximum atomic E-state index is 4.21. The van der Waals surface area contributed by atoms with Crippen molar-refractivity contribution in [3.8, 4) is 0 Å². The zero-order chi connectivity index (χ0) is 11.5. The Morgan fingerprint density at radius 1 is 1.50 bits per heavy atom. The predicted molar refractivity (Wildman–Crippen MR) is 76.9 cm³/mol. The topological polar surface area (TPSA) is 24.9 Å². The zero-order valence-corrected chi connectivity index (χ0v) is 12.2. The van der Waals surface area contributed by atoms with Gasteiger partial charge in [0.15, 0.2) is 0 Å². The summed E-state index contributed by atoms with van der Waals surface area (Å²) in [7, 11) is 1.99. The lowest BCUT2D eigenvalue weighted by atomic mass is 9.99. The van der Waals surface area contributed by atoms with Crippen LogP contribution in [0.3, 0.4) is 0 Å². The normalized spacial score (nSPS) is 12.7. The van der Waals surface area contributed by atoms with Crippen LogP contribution in [-0.2, 0) is 0 Å². The summed E-state index contributed by atoms with van der Waals surface area (Å²) in [6.07, 6.45) is 3.78. The highest BCUT2D eigenvalue weighted by Crippen LogP contribution is 2.28. The number of nitrogens with zero attached hydrogens (tertiary/aromatic N) is 1. The van der Waals surface area contributed by atoms with Crippen LogP contribution >= 0.6 is 33.9 Å². The van der Waals surface area contributed by atoms with Gasteiger partial charge in [0.05, 0.1) is 8.93 Å². The van der Waals surface area contributed by atoms with Crippen molar-refractivity contribution >= 4 is 33.9 Å². The van der Waals surface area contributed by atoms with Crippen LogP contribution in [0.4, 0.5) is 0 Å². The van der Waals surface area contributed by atoms with Crippen LogP contribution in [0, 0.1) is 9.81 Å². The molecule has 1 unspecified atom stereocenters. The van der Waals surface area contributed by atoms with E-state index >= 15 is 0 Å². The van der Waals surface area contributed by atoms with Crippen molar-refractivity contribution in [3.63, 3.8) is 0 Å². The molecular weight excluding hydrogens is 331 g/mol. The van der Waals surface area contributed by atoms with Gasteiger partial charge in [0, 0.05) is 12.4 Å². The van der Waals surface area contributed by atoms with E-state index in [4.69, 9.17) is 0 Å². The van der Waals surface area contributed by atoms with Crippen LogP contribution in [0.5, 0.6) is 0 Å². The maximum absolute atomic E-state index is 4.21. The molecule has 0 aliphatic heterocycles. The lowest BCUT2D eigenvalue weighted by Gasteiger charge is -2.17. The Morgan fingerprint density at radius 2 is 2.31 bits per heavy atom. The Balaban J connectivity index is 2.40. The smallest absolute Gasteiger partial charge is 0.0656 e. The molecule has 2 nitrogen and oxygen atoms in total. The Morgan fingerprint density at radius 3 is 2.88 bits per heavy atom. The summed E-state index contributed by atoms with van der Waals surface area (Å²) in [6.45, 7) is 2.12. The molecule has 2 aromatic rings. The number of nitrogens with one attached hydrogen (secondary N) is 1. The summed E-state index contributed by atoms with van der Waals surface area (Å²) in [5, 5.41) is 5.56. The first-order chi connectivity index (χ1) is 7.72. The Kier molecular flexibility index (Phi) is 3.94. The molecule has 84 valence electrons. The fourth-order valence-electron chi connectivity index (χ4n) is 1.75. The lowest BCUT2D eigenvalue weighted by molar-refractivity contribution is 0.686. The molecule has 0 saturated carbocycles. The second kappa shape index (κ2) is 5.25. The van der Waals surface area contributed by atoms with E-state index in [1.165, 1.54) is 19.6 Å². The van der Waals surface area contributed by atoms with E-state index in [0.29, 0.717) is 0 Å². The largest absolute Gasteiger partial charge is 0.309 e. The van der Waals surface area contributed by atoms with Gasteiger partial charge in [-0.1, -0.05) is 0 Å². The highest BCUT2D eigenvalue weighted by atomic mass is 127. The predicted octanol–water partition coefficient (Wildman–Crippen LogP) is 3.36. The van der Waals surface area contributed by atoms with Gasteiger partial charge in [-0.15, -0.1) is 11.3 Å². The number of hydrogen-bond acceptors (Lipinski definition) is 3. The summed E-state index contributed by atoms with van der Waals surface area (Å²) in [6, 6.07) is 4.52. The second-order valence-corrected chi connectivity index (χ2v) is 6.44. The number of thiophene rings is 1. The third-order valence-corrected chi connectivity index (χ3v) is 4.41. The molecule has 4 heteroatoms. The summed E-state index contributed by atoms with van der Waals surface area (Å²) < 4.78 is 1.31. The van der Waals surface area contributed by atoms with Gasteiger partial charge in [-0.2, -0.15) is 0 Å². The van der Waals surface area contributed by atoms with E-state index in [9.17, 15) is 0 Å². The minimum absolute atomic E-state index is 0.244. The number of rotatable bonds is 3. The molecule has 0 amide bonds. The highest BCUT2D eigenvalue weighted by Gasteiger charge is 2.15. The number of aryl methyl sites for hydroxylation is 1. The Labute approximate surface area is 113 Å². The van der Waals surface area contributed by atoms with Crippen molar-refractivity contribution < 1.29 is 0 Å². The van der Waals surface area contributed by atoms with Gasteiger partial charge in [-0.3, -0.25) is 4.98 Å². The van der Waals surface area contributed by atoms with Crippen molar-refractivity contribution in [2.45, 2.75) is 13.0 Å². The SMILES string of the molecule is CNC(c1csc(I)c1)c1cnccc1C. The highest BCUT2D eigenvalue weighted by molar-refractivity contribution is 14.1. The van der Waals surface area contributed by atoms with E-state index in [0.717, 1.165) is 0 Å². The van der Waals surface area contributed by atoms with Crippen molar-refractivity contribution in [1.29, 1.82) is 0 Å². The fourth-order valence-corrected chi connectivity index (χ4v) is 3.15. The van der Waals surface area contributed by atoms with Crippen molar-refractivity contribution in [2.24, 2.45) is 0 Å². The lowest BCUT2D eigenvalue weighted by Crippen LogP contribution is -2.18. The second-order valence-electron chi connectivity index (χ2n) is 3.64. The Bertz CT molecular complexity index is 481.